The molecule has 0 unspecified atom stereocenters. The molecule has 3 aromatic heterocycles. The molecule has 0 saturated heterocycles. The van der Waals surface area contributed by atoms with Crippen LogP contribution in [0.5, 0.6) is 0 Å². The highest BCUT2D eigenvalue weighted by Crippen LogP contribution is 2.39. The molecule has 4 N–H and O–H groups in total. The molecule has 5 aromatic rings. The highest BCUT2D eigenvalue weighted by Gasteiger charge is 2.27. The number of anilines is 1. The predicted octanol–water partition coefficient (Wildman–Crippen LogP) is 6.10. The summed E-state index contributed by atoms with van der Waals surface area (Å²) >= 11 is 13.0. The van der Waals surface area contributed by atoms with Crippen LogP contribution in [0.15, 0.2) is 42.5 Å². The van der Waals surface area contributed by atoms with E-state index in [2.05, 4.69) is 27.4 Å². The Balaban J connectivity index is 1.50. The Hall–Kier alpha value is -4.50. The average Bonchev–Trinajstić information content (AvgIpc) is 3.50. The van der Waals surface area contributed by atoms with Crippen molar-refractivity contribution in [1.82, 2.24) is 29.9 Å². The van der Waals surface area contributed by atoms with Crippen molar-refractivity contribution in [1.29, 1.82) is 0 Å². The quantitative estimate of drug-likeness (QED) is 0.177. The molecule has 0 bridgehead atoms. The second-order valence-electron chi connectivity index (χ2n) is 12.4. The van der Waals surface area contributed by atoms with Crippen molar-refractivity contribution in [3.05, 3.63) is 92.5 Å². The lowest BCUT2D eigenvalue weighted by Gasteiger charge is -2.23. The minimum atomic E-state index is -1.30. The van der Waals surface area contributed by atoms with Gasteiger partial charge in [-0.1, -0.05) is 35.2 Å². The van der Waals surface area contributed by atoms with Crippen LogP contribution in [-0.4, -0.2) is 41.2 Å². The Morgan fingerprint density at radius 1 is 1.08 bits per heavy atom. The van der Waals surface area contributed by atoms with E-state index in [9.17, 15) is 18.7 Å². The zero-order valence-electron chi connectivity index (χ0n) is 26.5. The number of fused-ring (bicyclic) bond motifs is 2. The van der Waals surface area contributed by atoms with E-state index >= 15 is 0 Å². The third kappa shape index (κ3) is 7.02. The monoisotopic (exact) mass is 691 g/mol. The fourth-order valence-electron chi connectivity index (χ4n) is 6.19. The highest BCUT2D eigenvalue weighted by molar-refractivity contribution is 6.37. The third-order valence-corrected chi connectivity index (χ3v) is 8.82. The van der Waals surface area contributed by atoms with Gasteiger partial charge in [0.05, 0.1) is 27.7 Å². The molecule has 1 amide bonds. The van der Waals surface area contributed by atoms with Gasteiger partial charge in [-0.15, -0.1) is 0 Å². The highest BCUT2D eigenvalue weighted by atomic mass is 35.5. The first kappa shape index (κ1) is 33.4. The van der Waals surface area contributed by atoms with Crippen LogP contribution in [0.4, 0.5) is 14.6 Å². The summed E-state index contributed by atoms with van der Waals surface area (Å²) in [5, 5.41) is 23.5. The van der Waals surface area contributed by atoms with E-state index in [4.69, 9.17) is 33.9 Å². The number of aromatic nitrogens is 5. The molecule has 9 nitrogen and oxygen atoms in total. The number of aliphatic hydroxyl groups is 1. The van der Waals surface area contributed by atoms with E-state index in [0.29, 0.717) is 49.2 Å². The second kappa shape index (κ2) is 13.2. The van der Waals surface area contributed by atoms with Gasteiger partial charge in [-0.25, -0.2) is 13.8 Å². The molecule has 0 spiro atoms. The summed E-state index contributed by atoms with van der Waals surface area (Å²) in [5.41, 5.74) is 9.62. The zero-order valence-corrected chi connectivity index (χ0v) is 28.1. The van der Waals surface area contributed by atoms with E-state index in [0.717, 1.165) is 43.0 Å². The van der Waals surface area contributed by atoms with Crippen molar-refractivity contribution in [3.8, 4) is 23.0 Å². The minimum Gasteiger partial charge on any atom is -0.382 e. The van der Waals surface area contributed by atoms with Crippen LogP contribution in [0, 0.1) is 23.5 Å². The number of nitrogens with one attached hydrogen (secondary N) is 1. The van der Waals surface area contributed by atoms with Crippen LogP contribution in [0.3, 0.4) is 0 Å². The summed E-state index contributed by atoms with van der Waals surface area (Å²) in [7, 11) is 1.74. The number of aryl methyl sites for hydroxylation is 1. The molecule has 6 rings (SSSR count). The van der Waals surface area contributed by atoms with Gasteiger partial charge in [0.15, 0.2) is 11.0 Å². The van der Waals surface area contributed by atoms with E-state index in [1.807, 2.05) is 0 Å². The molecule has 0 saturated carbocycles. The molecule has 0 radical (unpaired) electrons. The number of nitrogens with two attached hydrogens (primary N) is 1. The average molecular weight is 693 g/mol. The Morgan fingerprint density at radius 3 is 2.52 bits per heavy atom. The summed E-state index contributed by atoms with van der Waals surface area (Å²) in [4.78, 5) is 18.7. The number of hydrogen-bond donors (Lipinski definition) is 3. The van der Waals surface area contributed by atoms with Crippen LogP contribution in [0.2, 0.25) is 10.2 Å². The number of rotatable bonds is 7. The van der Waals surface area contributed by atoms with Gasteiger partial charge in [-0.3, -0.25) is 14.2 Å². The molecule has 2 aromatic carbocycles. The van der Waals surface area contributed by atoms with Gasteiger partial charge in [0.2, 0.25) is 5.91 Å². The van der Waals surface area contributed by atoms with E-state index in [1.54, 1.807) is 54.5 Å². The number of hydrogen-bond acceptors (Lipinski definition) is 6. The first-order valence-electron chi connectivity index (χ1n) is 15.4. The summed E-state index contributed by atoms with van der Waals surface area (Å²) in [5.74, 6) is 3.99. The number of benzene rings is 2. The number of nitrogen functional groups attached to an aromatic ring is 1. The van der Waals surface area contributed by atoms with Crippen LogP contribution in [0.25, 0.3) is 22.0 Å². The number of halogens is 4. The molecule has 1 aliphatic rings. The summed E-state index contributed by atoms with van der Waals surface area (Å²) in [6, 6.07) is 9.29. The maximum absolute atomic E-state index is 14.4. The lowest BCUT2D eigenvalue weighted by molar-refractivity contribution is -0.122. The normalized spacial score (nSPS) is 13.6. The predicted molar refractivity (Wildman–Crippen MR) is 181 cm³/mol. The van der Waals surface area contributed by atoms with Crippen molar-refractivity contribution in [2.75, 3.05) is 5.73 Å². The summed E-state index contributed by atoms with van der Waals surface area (Å²) < 4.78 is 32.1. The van der Waals surface area contributed by atoms with E-state index in [1.165, 1.54) is 12.1 Å². The van der Waals surface area contributed by atoms with Crippen LogP contribution < -0.4 is 11.1 Å². The molecule has 3 heterocycles. The van der Waals surface area contributed by atoms with Crippen molar-refractivity contribution in [2.24, 2.45) is 7.05 Å². The topological polar surface area (TPSA) is 124 Å². The van der Waals surface area contributed by atoms with Gasteiger partial charge in [0.1, 0.15) is 29.5 Å². The van der Waals surface area contributed by atoms with Crippen molar-refractivity contribution < 1.29 is 18.7 Å². The molecular formula is C35H33Cl2F2N7O2. The van der Waals surface area contributed by atoms with Gasteiger partial charge in [0.25, 0.3) is 0 Å². The standard InChI is InChI=1S/C35H33Cl2F2N7O2/c1-35(2,48)13-12-22-8-9-23(24-10-11-26(36)30-32(24)45(3)44-34(30)40)31(41-22)27(16-19-14-20(38)17-21(39)15-19)42-29(47)18-46-28-7-5-4-6-25(28)33(37)43-46/h8-11,14-15,17,27,48H,4-7,16,18H2,1-3H3,(H2,40,44)(H,42,47)/t27-/m0/s1. The molecule has 1 atom stereocenters. The fraction of sp³-hybridized carbons (Fsp3) is 0.314. The second-order valence-corrected chi connectivity index (χ2v) is 13.2. The first-order valence-corrected chi connectivity index (χ1v) is 16.2. The fourth-order valence-corrected chi connectivity index (χ4v) is 6.73. The lowest BCUT2D eigenvalue weighted by atomic mass is 9.93. The maximum atomic E-state index is 14.4. The smallest absolute Gasteiger partial charge is 0.242 e. The van der Waals surface area contributed by atoms with Gasteiger partial charge >= 0.3 is 0 Å². The van der Waals surface area contributed by atoms with Crippen molar-refractivity contribution in [3.63, 3.8) is 0 Å². The Morgan fingerprint density at radius 2 is 1.79 bits per heavy atom. The van der Waals surface area contributed by atoms with Crippen LogP contribution in [0.1, 0.15) is 60.9 Å². The van der Waals surface area contributed by atoms with Gasteiger partial charge in [-0.2, -0.15) is 10.2 Å². The lowest BCUT2D eigenvalue weighted by Crippen LogP contribution is -2.34. The Kier molecular flexibility index (Phi) is 9.18. The van der Waals surface area contributed by atoms with Gasteiger partial charge < -0.3 is 16.2 Å². The molecule has 13 heteroatoms. The largest absolute Gasteiger partial charge is 0.382 e. The SMILES string of the molecule is Cn1nc(N)c2c(Cl)ccc(-c3ccc(C#CC(C)(C)O)nc3[C@H](Cc3cc(F)cc(F)c3)NC(=O)Cn3nc(Cl)c4c3CCCC4)c21. The number of amides is 1. The zero-order chi connectivity index (χ0) is 34.3. The van der Waals surface area contributed by atoms with Crippen LogP contribution >= 0.6 is 23.2 Å². The third-order valence-electron chi connectivity index (χ3n) is 8.20. The molecule has 0 aliphatic heterocycles. The van der Waals surface area contributed by atoms with Crippen LogP contribution in [-0.2, 0) is 37.6 Å². The van der Waals surface area contributed by atoms with Crippen molar-refractivity contribution in [2.45, 2.75) is 64.1 Å². The molecular weight excluding hydrogens is 659 g/mol. The van der Waals surface area contributed by atoms with E-state index < -0.39 is 29.2 Å². The minimum absolute atomic E-state index is 0.0228. The summed E-state index contributed by atoms with van der Waals surface area (Å²) in [6.07, 6.45) is 3.49. The van der Waals surface area contributed by atoms with Gasteiger partial charge in [0, 0.05) is 35.5 Å². The van der Waals surface area contributed by atoms with Crippen molar-refractivity contribution >= 4 is 45.8 Å². The Labute approximate surface area is 286 Å². The summed E-state index contributed by atoms with van der Waals surface area (Å²) in [6.45, 7) is 2.97. The first-order chi connectivity index (χ1) is 22.8. The molecule has 48 heavy (non-hydrogen) atoms. The maximum Gasteiger partial charge on any atom is 0.242 e. The number of carbonyl (C=O) groups is 1. The number of pyridine rings is 1. The number of nitrogens with zero attached hydrogens (tertiary/aromatic N) is 5. The Bertz CT molecular complexity index is 2110. The molecule has 248 valence electrons. The molecule has 0 fully saturated rings. The number of carbonyl (C=O) groups excluding carboxylic acids is 1. The molecule has 1 aliphatic carbocycles. The van der Waals surface area contributed by atoms with E-state index in [-0.39, 0.29) is 18.8 Å². The van der Waals surface area contributed by atoms with Gasteiger partial charge in [-0.05, 0) is 87.8 Å².